The molecule has 106 valence electrons. The monoisotopic (exact) mass is 344 g/mol. The van der Waals surface area contributed by atoms with E-state index in [2.05, 4.69) is 33.0 Å². The second-order valence-electron chi connectivity index (χ2n) is 6.02. The van der Waals surface area contributed by atoms with Crippen LogP contribution in [0.15, 0.2) is 15.9 Å². The Labute approximate surface area is 127 Å². The van der Waals surface area contributed by atoms with Gasteiger partial charge in [-0.25, -0.2) is 0 Å². The summed E-state index contributed by atoms with van der Waals surface area (Å²) in [4.78, 5) is 18.0. The number of carbonyl (C=O) groups excluding carboxylic acids is 1. The van der Waals surface area contributed by atoms with Crippen LogP contribution in [-0.2, 0) is 11.3 Å². The van der Waals surface area contributed by atoms with E-state index in [0.717, 1.165) is 32.7 Å². The van der Waals surface area contributed by atoms with Gasteiger partial charge >= 0.3 is 0 Å². The van der Waals surface area contributed by atoms with Crippen molar-refractivity contribution in [3.8, 4) is 0 Å². The fourth-order valence-electron chi connectivity index (χ4n) is 2.24. The van der Waals surface area contributed by atoms with E-state index in [9.17, 15) is 4.79 Å². The fraction of sp³-hybridized carbons (Fsp3) is 0.643. The molecule has 1 saturated heterocycles. The van der Waals surface area contributed by atoms with Crippen molar-refractivity contribution in [2.45, 2.75) is 27.3 Å². The van der Waals surface area contributed by atoms with E-state index in [-0.39, 0.29) is 11.3 Å². The number of carbonyl (C=O) groups is 1. The van der Waals surface area contributed by atoms with Crippen LogP contribution in [0.2, 0.25) is 0 Å². The minimum Gasteiger partial charge on any atom is -0.340 e. The summed E-state index contributed by atoms with van der Waals surface area (Å²) in [6, 6.07) is 4.26. The number of thiophene rings is 1. The predicted octanol–water partition coefficient (Wildman–Crippen LogP) is 3.20. The zero-order valence-electron chi connectivity index (χ0n) is 11.8. The van der Waals surface area contributed by atoms with Crippen LogP contribution < -0.4 is 0 Å². The molecule has 19 heavy (non-hydrogen) atoms. The number of hydrogen-bond acceptors (Lipinski definition) is 3. The molecule has 0 aliphatic carbocycles. The van der Waals surface area contributed by atoms with E-state index < -0.39 is 0 Å². The summed E-state index contributed by atoms with van der Waals surface area (Å²) in [6.45, 7) is 10.6. The lowest BCUT2D eigenvalue weighted by molar-refractivity contribution is -0.141. The number of piperazine rings is 1. The Balaban J connectivity index is 1.84. The molecule has 1 aromatic heterocycles. The summed E-state index contributed by atoms with van der Waals surface area (Å²) >= 11 is 5.28. The lowest BCUT2D eigenvalue weighted by Gasteiger charge is -2.37. The first-order chi connectivity index (χ1) is 8.86. The van der Waals surface area contributed by atoms with Crippen LogP contribution in [0.5, 0.6) is 0 Å². The highest BCUT2D eigenvalue weighted by molar-refractivity contribution is 9.11. The number of halogens is 1. The third-order valence-electron chi connectivity index (χ3n) is 3.31. The largest absolute Gasteiger partial charge is 0.340 e. The molecular formula is C14H21BrN2OS. The van der Waals surface area contributed by atoms with Gasteiger partial charge in [0.05, 0.1) is 3.79 Å². The molecule has 1 aromatic rings. The van der Waals surface area contributed by atoms with E-state index in [1.54, 1.807) is 11.3 Å². The number of rotatable bonds is 2. The van der Waals surface area contributed by atoms with Crippen LogP contribution in [-0.4, -0.2) is 41.9 Å². The van der Waals surface area contributed by atoms with Crippen molar-refractivity contribution in [3.05, 3.63) is 20.8 Å². The molecule has 0 bridgehead atoms. The average Bonchev–Trinajstić information content (AvgIpc) is 2.74. The summed E-state index contributed by atoms with van der Waals surface area (Å²) in [7, 11) is 0. The highest BCUT2D eigenvalue weighted by Crippen LogP contribution is 2.24. The first-order valence-electron chi connectivity index (χ1n) is 6.62. The van der Waals surface area contributed by atoms with Crippen molar-refractivity contribution in [1.82, 2.24) is 9.80 Å². The molecule has 1 amide bonds. The maximum Gasteiger partial charge on any atom is 0.228 e. The molecule has 0 aromatic carbocycles. The van der Waals surface area contributed by atoms with Crippen molar-refractivity contribution >= 4 is 33.2 Å². The molecule has 0 unspecified atom stereocenters. The van der Waals surface area contributed by atoms with Crippen LogP contribution in [0.1, 0.15) is 25.6 Å². The Morgan fingerprint density at radius 1 is 1.26 bits per heavy atom. The van der Waals surface area contributed by atoms with Gasteiger partial charge in [0.15, 0.2) is 0 Å². The van der Waals surface area contributed by atoms with Crippen molar-refractivity contribution in [3.63, 3.8) is 0 Å². The summed E-state index contributed by atoms with van der Waals surface area (Å²) in [6.07, 6.45) is 0. The fourth-order valence-corrected chi connectivity index (χ4v) is 3.77. The third-order valence-corrected chi connectivity index (χ3v) is 4.92. The van der Waals surface area contributed by atoms with Gasteiger partial charge < -0.3 is 4.90 Å². The van der Waals surface area contributed by atoms with Crippen LogP contribution in [0, 0.1) is 5.41 Å². The van der Waals surface area contributed by atoms with Crippen molar-refractivity contribution in [2.24, 2.45) is 5.41 Å². The standard InChI is InChI=1S/C14H21BrN2OS/c1-14(2,3)13(18)17-8-6-16(7-9-17)10-11-4-5-12(15)19-11/h4-5H,6-10H2,1-3H3. The van der Waals surface area contributed by atoms with E-state index in [1.165, 1.54) is 8.66 Å². The van der Waals surface area contributed by atoms with E-state index in [4.69, 9.17) is 0 Å². The van der Waals surface area contributed by atoms with Gasteiger partial charge in [-0.05, 0) is 28.1 Å². The van der Waals surface area contributed by atoms with Gasteiger partial charge in [-0.15, -0.1) is 11.3 Å². The van der Waals surface area contributed by atoms with Gasteiger partial charge in [0, 0.05) is 43.0 Å². The molecule has 3 nitrogen and oxygen atoms in total. The van der Waals surface area contributed by atoms with E-state index in [1.807, 2.05) is 25.7 Å². The number of hydrogen-bond donors (Lipinski definition) is 0. The summed E-state index contributed by atoms with van der Waals surface area (Å²) in [5.74, 6) is 0.269. The quantitative estimate of drug-likeness (QED) is 0.822. The normalized spacial score (nSPS) is 17.8. The Morgan fingerprint density at radius 3 is 2.37 bits per heavy atom. The molecule has 1 aliphatic heterocycles. The van der Waals surface area contributed by atoms with E-state index in [0.29, 0.717) is 0 Å². The minimum atomic E-state index is -0.263. The van der Waals surface area contributed by atoms with Gasteiger partial charge in [-0.2, -0.15) is 0 Å². The molecular weight excluding hydrogens is 324 g/mol. The molecule has 2 rings (SSSR count). The Kier molecular flexibility index (Phi) is 4.69. The zero-order chi connectivity index (χ0) is 14.0. The van der Waals surface area contributed by atoms with Gasteiger partial charge in [0.1, 0.15) is 0 Å². The van der Waals surface area contributed by atoms with Gasteiger partial charge in [-0.3, -0.25) is 9.69 Å². The summed E-state index contributed by atoms with van der Waals surface area (Å²) < 4.78 is 1.18. The van der Waals surface area contributed by atoms with E-state index >= 15 is 0 Å². The first kappa shape index (κ1) is 15.0. The number of nitrogens with zero attached hydrogens (tertiary/aromatic N) is 2. The average molecular weight is 345 g/mol. The second-order valence-corrected chi connectivity index (χ2v) is 8.57. The van der Waals surface area contributed by atoms with Gasteiger partial charge in [0.2, 0.25) is 5.91 Å². The molecule has 0 atom stereocenters. The third kappa shape index (κ3) is 4.04. The molecule has 0 radical (unpaired) electrons. The Morgan fingerprint density at radius 2 is 1.89 bits per heavy atom. The van der Waals surface area contributed by atoms with Crippen LogP contribution in [0.3, 0.4) is 0 Å². The molecule has 2 heterocycles. The van der Waals surface area contributed by atoms with Crippen molar-refractivity contribution in [2.75, 3.05) is 26.2 Å². The highest BCUT2D eigenvalue weighted by atomic mass is 79.9. The maximum atomic E-state index is 12.2. The first-order valence-corrected chi connectivity index (χ1v) is 8.23. The number of amides is 1. The second kappa shape index (κ2) is 5.94. The highest BCUT2D eigenvalue weighted by Gasteiger charge is 2.29. The maximum absolute atomic E-state index is 12.2. The van der Waals surface area contributed by atoms with Crippen molar-refractivity contribution in [1.29, 1.82) is 0 Å². The lowest BCUT2D eigenvalue weighted by Crippen LogP contribution is -2.51. The Bertz CT molecular complexity index is 445. The van der Waals surface area contributed by atoms with Crippen LogP contribution in [0.4, 0.5) is 0 Å². The predicted molar refractivity (Wildman–Crippen MR) is 83.3 cm³/mol. The summed E-state index contributed by atoms with van der Waals surface area (Å²) in [5.41, 5.74) is -0.263. The van der Waals surface area contributed by atoms with Crippen molar-refractivity contribution < 1.29 is 4.79 Å². The molecule has 0 spiro atoms. The molecule has 0 saturated carbocycles. The minimum absolute atomic E-state index is 0.263. The Hall–Kier alpha value is -0.390. The zero-order valence-corrected chi connectivity index (χ0v) is 14.2. The SMILES string of the molecule is CC(C)(C)C(=O)N1CCN(Cc2ccc(Br)s2)CC1. The molecule has 5 heteroatoms. The summed E-state index contributed by atoms with van der Waals surface area (Å²) in [5, 5.41) is 0. The van der Waals surface area contributed by atoms with Gasteiger partial charge in [0.25, 0.3) is 0 Å². The molecule has 0 N–H and O–H groups in total. The smallest absolute Gasteiger partial charge is 0.228 e. The molecule has 1 fully saturated rings. The topological polar surface area (TPSA) is 23.6 Å². The van der Waals surface area contributed by atoms with Crippen LogP contribution >= 0.6 is 27.3 Å². The van der Waals surface area contributed by atoms with Crippen LogP contribution in [0.25, 0.3) is 0 Å². The lowest BCUT2D eigenvalue weighted by atomic mass is 9.94. The van der Waals surface area contributed by atoms with Gasteiger partial charge in [-0.1, -0.05) is 20.8 Å². The molecule has 1 aliphatic rings.